The number of carbonyl (C=O) groups is 1. The van der Waals surface area contributed by atoms with E-state index in [1.54, 1.807) is 0 Å². The third-order valence-electron chi connectivity index (χ3n) is 6.88. The van der Waals surface area contributed by atoms with Gasteiger partial charge < -0.3 is 25.8 Å². The van der Waals surface area contributed by atoms with E-state index in [9.17, 15) is 4.79 Å². The predicted molar refractivity (Wildman–Crippen MR) is 133 cm³/mol. The highest BCUT2D eigenvalue weighted by Gasteiger charge is 2.21. The molecular formula is C25H39N7O. The zero-order chi connectivity index (χ0) is 23.0. The van der Waals surface area contributed by atoms with Gasteiger partial charge in [0, 0.05) is 56.1 Å². The molecule has 1 aliphatic carbocycles. The van der Waals surface area contributed by atoms with Crippen molar-refractivity contribution in [3.05, 3.63) is 35.7 Å². The maximum Gasteiger partial charge on any atom is 0.317 e. The Morgan fingerprint density at radius 3 is 2.82 bits per heavy atom. The van der Waals surface area contributed by atoms with Gasteiger partial charge in [-0.25, -0.2) is 9.78 Å². The number of nitrogens with zero attached hydrogens (tertiary/aromatic N) is 4. The Bertz CT molecular complexity index is 862. The lowest BCUT2D eigenvalue weighted by Crippen LogP contribution is -2.43. The van der Waals surface area contributed by atoms with E-state index in [1.165, 1.54) is 25.8 Å². The van der Waals surface area contributed by atoms with Crippen molar-refractivity contribution in [3.8, 4) is 0 Å². The third-order valence-corrected chi connectivity index (χ3v) is 6.88. The number of carbonyl (C=O) groups excluding carboxylic acids is 1. The van der Waals surface area contributed by atoms with Crippen LogP contribution < -0.4 is 16.0 Å². The molecule has 0 aromatic carbocycles. The quantitative estimate of drug-likeness (QED) is 0.518. The molecule has 2 fully saturated rings. The Balaban J connectivity index is 1.25. The van der Waals surface area contributed by atoms with Crippen molar-refractivity contribution in [2.45, 2.75) is 70.9 Å². The van der Waals surface area contributed by atoms with Crippen LogP contribution in [0.4, 0.5) is 16.6 Å². The summed E-state index contributed by atoms with van der Waals surface area (Å²) in [6.45, 7) is 9.34. The molecule has 3 N–H and O–H groups in total. The summed E-state index contributed by atoms with van der Waals surface area (Å²) in [7, 11) is 0. The standard InChI is InChI=1S/C25H39N7O/c1-19-18-27-24(30-23(19)26-12-8-16-31-13-4-3-9-20(31)2)28-21-10-7-11-22(17-21)29-25(33)32-14-5-6-15-32/h7,10-11,18,20,22H,3-6,8-9,12-17H2,1-2H3,(H,29,33)(H2,26,27,28,30). The lowest BCUT2D eigenvalue weighted by Gasteiger charge is -2.33. The molecule has 8 nitrogen and oxygen atoms in total. The number of aromatic nitrogens is 2. The average molecular weight is 454 g/mol. The highest BCUT2D eigenvalue weighted by atomic mass is 16.2. The molecule has 2 amide bonds. The van der Waals surface area contributed by atoms with Gasteiger partial charge in [0.25, 0.3) is 0 Å². The number of nitrogens with one attached hydrogen (secondary N) is 3. The first-order chi connectivity index (χ1) is 16.1. The average Bonchev–Trinajstić information content (AvgIpc) is 3.35. The zero-order valence-electron chi connectivity index (χ0n) is 20.1. The number of aryl methyl sites for hydroxylation is 1. The number of amides is 2. The number of anilines is 2. The second-order valence-electron chi connectivity index (χ2n) is 9.54. The highest BCUT2D eigenvalue weighted by Crippen LogP contribution is 2.19. The molecule has 33 heavy (non-hydrogen) atoms. The normalized spacial score (nSPS) is 23.3. The highest BCUT2D eigenvalue weighted by molar-refractivity contribution is 5.75. The van der Waals surface area contributed by atoms with E-state index in [4.69, 9.17) is 4.98 Å². The van der Waals surface area contributed by atoms with Crippen molar-refractivity contribution in [3.63, 3.8) is 0 Å². The number of likely N-dealkylation sites (tertiary alicyclic amines) is 2. The Morgan fingerprint density at radius 1 is 1.18 bits per heavy atom. The number of rotatable bonds is 8. The van der Waals surface area contributed by atoms with Gasteiger partial charge >= 0.3 is 6.03 Å². The Kier molecular flexibility index (Phi) is 8.20. The van der Waals surface area contributed by atoms with Crippen molar-refractivity contribution in [2.75, 3.05) is 43.4 Å². The van der Waals surface area contributed by atoms with Gasteiger partial charge in [-0.05, 0) is 58.6 Å². The summed E-state index contributed by atoms with van der Waals surface area (Å²) in [6.07, 6.45) is 15.9. The van der Waals surface area contributed by atoms with Crippen molar-refractivity contribution < 1.29 is 4.79 Å². The van der Waals surface area contributed by atoms with Crippen LogP contribution in [-0.2, 0) is 0 Å². The maximum atomic E-state index is 12.4. The topological polar surface area (TPSA) is 85.4 Å². The van der Waals surface area contributed by atoms with E-state index in [2.05, 4.69) is 32.8 Å². The van der Waals surface area contributed by atoms with Gasteiger partial charge in [-0.1, -0.05) is 18.6 Å². The molecule has 0 radical (unpaired) electrons. The van der Waals surface area contributed by atoms with Crippen LogP contribution in [0, 0.1) is 6.92 Å². The zero-order valence-corrected chi connectivity index (χ0v) is 20.1. The Labute approximate surface area is 197 Å². The number of hydrogen-bond acceptors (Lipinski definition) is 6. The molecule has 1 aromatic rings. The van der Waals surface area contributed by atoms with E-state index >= 15 is 0 Å². The Hall–Kier alpha value is -2.61. The molecule has 2 saturated heterocycles. The number of hydrogen-bond donors (Lipinski definition) is 3. The summed E-state index contributed by atoms with van der Waals surface area (Å²) in [5.41, 5.74) is 2.04. The Morgan fingerprint density at radius 2 is 2.00 bits per heavy atom. The van der Waals surface area contributed by atoms with Gasteiger partial charge in [0.05, 0.1) is 6.04 Å². The number of allylic oxidation sites excluding steroid dienone is 2. The van der Waals surface area contributed by atoms with Gasteiger partial charge in [0.2, 0.25) is 5.95 Å². The molecule has 0 bridgehead atoms. The van der Waals surface area contributed by atoms with E-state index < -0.39 is 0 Å². The molecule has 2 atom stereocenters. The molecule has 4 rings (SSSR count). The molecule has 3 heterocycles. The van der Waals surface area contributed by atoms with E-state index in [-0.39, 0.29) is 12.1 Å². The molecular weight excluding hydrogens is 414 g/mol. The lowest BCUT2D eigenvalue weighted by atomic mass is 10.0. The molecule has 3 aliphatic rings. The summed E-state index contributed by atoms with van der Waals surface area (Å²) < 4.78 is 0. The van der Waals surface area contributed by atoms with Gasteiger partial charge in [-0.15, -0.1) is 0 Å². The molecule has 1 aromatic heterocycles. The molecule has 0 saturated carbocycles. The lowest BCUT2D eigenvalue weighted by molar-refractivity contribution is 0.160. The van der Waals surface area contributed by atoms with Crippen LogP contribution in [0.3, 0.4) is 0 Å². The van der Waals surface area contributed by atoms with Crippen molar-refractivity contribution >= 4 is 17.8 Å². The molecule has 0 spiro atoms. The van der Waals surface area contributed by atoms with Gasteiger partial charge in [-0.3, -0.25) is 0 Å². The van der Waals surface area contributed by atoms with Crippen LogP contribution >= 0.6 is 0 Å². The first kappa shape index (κ1) is 23.5. The monoisotopic (exact) mass is 453 g/mol. The summed E-state index contributed by atoms with van der Waals surface area (Å²) in [6, 6.07) is 0.711. The predicted octanol–water partition coefficient (Wildman–Crippen LogP) is 3.89. The SMILES string of the molecule is Cc1cnc(NC2=CC=CC(NC(=O)N3CCCC3)C2)nc1NCCCN1CCCCC1C. The largest absolute Gasteiger partial charge is 0.370 e. The fourth-order valence-corrected chi connectivity index (χ4v) is 4.84. The summed E-state index contributed by atoms with van der Waals surface area (Å²) in [5.74, 6) is 1.46. The fraction of sp³-hybridized carbons (Fsp3) is 0.640. The first-order valence-corrected chi connectivity index (χ1v) is 12.6. The minimum absolute atomic E-state index is 0.0224. The van der Waals surface area contributed by atoms with Gasteiger partial charge in [0.1, 0.15) is 5.82 Å². The van der Waals surface area contributed by atoms with E-state index in [0.717, 1.165) is 62.5 Å². The summed E-state index contributed by atoms with van der Waals surface area (Å²) >= 11 is 0. The second-order valence-corrected chi connectivity index (χ2v) is 9.54. The molecule has 180 valence electrons. The summed E-state index contributed by atoms with van der Waals surface area (Å²) in [4.78, 5) is 26.1. The van der Waals surface area contributed by atoms with Crippen LogP contribution in [0.15, 0.2) is 30.1 Å². The first-order valence-electron chi connectivity index (χ1n) is 12.6. The molecule has 2 aliphatic heterocycles. The van der Waals surface area contributed by atoms with E-state index in [0.29, 0.717) is 18.4 Å². The summed E-state index contributed by atoms with van der Waals surface area (Å²) in [5, 5.41) is 9.96. The van der Waals surface area contributed by atoms with Crippen LogP contribution in [0.5, 0.6) is 0 Å². The third kappa shape index (κ3) is 6.69. The molecule has 2 unspecified atom stereocenters. The van der Waals surface area contributed by atoms with Crippen LogP contribution in [0.2, 0.25) is 0 Å². The number of piperidine rings is 1. The van der Waals surface area contributed by atoms with E-state index in [1.807, 2.05) is 36.2 Å². The van der Waals surface area contributed by atoms with Crippen molar-refractivity contribution in [1.82, 2.24) is 25.1 Å². The van der Waals surface area contributed by atoms with Crippen molar-refractivity contribution in [1.29, 1.82) is 0 Å². The van der Waals surface area contributed by atoms with Crippen LogP contribution in [-0.4, -0.2) is 70.6 Å². The maximum absolute atomic E-state index is 12.4. The molecule has 8 heteroatoms. The van der Waals surface area contributed by atoms with Gasteiger partial charge in [-0.2, -0.15) is 4.98 Å². The van der Waals surface area contributed by atoms with Gasteiger partial charge in [0.15, 0.2) is 0 Å². The fourth-order valence-electron chi connectivity index (χ4n) is 4.84. The number of urea groups is 1. The van der Waals surface area contributed by atoms with Crippen LogP contribution in [0.1, 0.15) is 57.4 Å². The van der Waals surface area contributed by atoms with Crippen LogP contribution in [0.25, 0.3) is 0 Å². The van der Waals surface area contributed by atoms with Crippen molar-refractivity contribution in [2.24, 2.45) is 0 Å². The minimum atomic E-state index is -0.0224. The smallest absolute Gasteiger partial charge is 0.317 e. The minimum Gasteiger partial charge on any atom is -0.370 e. The second kappa shape index (κ2) is 11.5.